The number of nitrogens with zero attached hydrogens (tertiary/aromatic N) is 2. The van der Waals surface area contributed by atoms with Crippen LogP contribution in [0.5, 0.6) is 0 Å². The Labute approximate surface area is 354 Å². The van der Waals surface area contributed by atoms with Gasteiger partial charge in [0.15, 0.2) is 11.4 Å². The number of thiophene rings is 1. The van der Waals surface area contributed by atoms with E-state index in [1.807, 2.05) is 11.3 Å². The van der Waals surface area contributed by atoms with Crippen LogP contribution in [0, 0.1) is 0 Å². The lowest BCUT2D eigenvalue weighted by atomic mass is 9.75. The summed E-state index contributed by atoms with van der Waals surface area (Å²) in [4.78, 5) is 2.52. The van der Waals surface area contributed by atoms with E-state index < -0.39 is 0 Å². The molecule has 0 saturated heterocycles. The van der Waals surface area contributed by atoms with Crippen LogP contribution in [0.25, 0.3) is 42.4 Å². The van der Waals surface area contributed by atoms with Crippen LogP contribution in [-0.4, -0.2) is 0 Å². The first-order chi connectivity index (χ1) is 29.7. The van der Waals surface area contributed by atoms with Gasteiger partial charge in [0.2, 0.25) is 0 Å². The Bertz CT molecular complexity index is 3280. The average Bonchev–Trinajstić information content (AvgIpc) is 4.04. The van der Waals surface area contributed by atoms with E-state index in [0.29, 0.717) is 4.48 Å². The van der Waals surface area contributed by atoms with Crippen molar-refractivity contribution in [3.05, 3.63) is 235 Å². The maximum Gasteiger partial charge on any atom is 0.158 e. The van der Waals surface area contributed by atoms with E-state index in [9.17, 15) is 0 Å². The van der Waals surface area contributed by atoms with Crippen LogP contribution >= 0.6 is 11.3 Å². The normalized spacial score (nSPS) is 14.8. The lowest BCUT2D eigenvalue weighted by Gasteiger charge is -2.35. The second-order valence-electron chi connectivity index (χ2n) is 16.7. The molecule has 2 heterocycles. The van der Waals surface area contributed by atoms with Crippen LogP contribution in [0.3, 0.4) is 0 Å². The number of para-hydroxylation sites is 3. The number of anilines is 3. The first-order valence-corrected chi connectivity index (χ1v) is 21.8. The molecule has 13 rings (SSSR count). The van der Waals surface area contributed by atoms with Crippen molar-refractivity contribution in [3.63, 3.8) is 0 Å². The summed E-state index contributed by atoms with van der Waals surface area (Å²) in [5.74, 6) is 0. The van der Waals surface area contributed by atoms with E-state index >= 15 is 0 Å². The predicted molar refractivity (Wildman–Crippen MR) is 253 cm³/mol. The van der Waals surface area contributed by atoms with Gasteiger partial charge in [0.05, 0.1) is 16.8 Å². The van der Waals surface area contributed by atoms with Gasteiger partial charge in [-0.05, 0) is 94.8 Å². The number of hydrogen-bond acceptors (Lipinski definition) is 2. The molecule has 1 spiro atoms. The lowest BCUT2D eigenvalue weighted by molar-refractivity contribution is 0.563. The summed E-state index contributed by atoms with van der Waals surface area (Å²) in [5.41, 5.74) is 19.3. The molecule has 3 heteroatoms. The van der Waals surface area contributed by atoms with Crippen molar-refractivity contribution in [2.24, 2.45) is 0 Å². The number of quaternary nitrogens is 1. The molecule has 0 unspecified atom stereocenters. The smallest absolute Gasteiger partial charge is 0.158 e. The minimum Gasteiger partial charge on any atom is -0.310 e. The summed E-state index contributed by atoms with van der Waals surface area (Å²) in [6.45, 7) is 0. The SMILES string of the molecule is c1ccc([N+]2(c3ccccc3)c3ccccc3-c3ccc(N(c4ccc5c(c4)C4(Cc6ccccc6C4)c4ccccc4-5)c4ccc5c(c4)sc4ccccc45)cc32)cc1. The molecule has 1 aliphatic heterocycles. The Balaban J connectivity index is 1.07. The van der Waals surface area contributed by atoms with Crippen LogP contribution in [0.4, 0.5) is 39.8 Å². The zero-order valence-corrected chi connectivity index (χ0v) is 33.7. The highest BCUT2D eigenvalue weighted by atomic mass is 32.1. The zero-order valence-electron chi connectivity index (χ0n) is 32.9. The molecule has 0 fully saturated rings. The minimum absolute atomic E-state index is 0.112. The van der Waals surface area contributed by atoms with Crippen LogP contribution in [-0.2, 0) is 18.3 Å². The molecule has 0 saturated carbocycles. The average molecular weight is 784 g/mol. The second kappa shape index (κ2) is 12.7. The van der Waals surface area contributed by atoms with E-state index in [1.54, 1.807) is 0 Å². The van der Waals surface area contributed by atoms with Crippen molar-refractivity contribution in [1.29, 1.82) is 0 Å². The number of fused-ring (bicyclic) bond motifs is 12. The fourth-order valence-electron chi connectivity index (χ4n) is 11.2. The van der Waals surface area contributed by atoms with Gasteiger partial charge in [-0.15, -0.1) is 11.3 Å². The van der Waals surface area contributed by atoms with Crippen LogP contribution in [0.2, 0.25) is 0 Å². The molecule has 2 aliphatic carbocycles. The van der Waals surface area contributed by atoms with Gasteiger partial charge < -0.3 is 4.90 Å². The summed E-state index contributed by atoms with van der Waals surface area (Å²) in [6, 6.07) is 79.7. The molecular weight excluding hydrogens is 745 g/mol. The molecular formula is C57H39N2S+. The maximum absolute atomic E-state index is 2.54. The van der Waals surface area contributed by atoms with Gasteiger partial charge in [0.1, 0.15) is 11.4 Å². The van der Waals surface area contributed by atoms with Gasteiger partial charge >= 0.3 is 0 Å². The molecule has 0 amide bonds. The Morgan fingerprint density at radius 2 is 0.917 bits per heavy atom. The molecule has 0 atom stereocenters. The third-order valence-electron chi connectivity index (χ3n) is 13.7. The Morgan fingerprint density at radius 3 is 1.68 bits per heavy atom. The third-order valence-corrected chi connectivity index (χ3v) is 14.8. The molecule has 10 aromatic rings. The van der Waals surface area contributed by atoms with Crippen molar-refractivity contribution in [2.75, 3.05) is 4.90 Å². The molecule has 1 aromatic heterocycles. The number of hydrogen-bond donors (Lipinski definition) is 0. The highest BCUT2D eigenvalue weighted by Gasteiger charge is 2.49. The quantitative estimate of drug-likeness (QED) is 0.157. The topological polar surface area (TPSA) is 3.24 Å². The van der Waals surface area contributed by atoms with Gasteiger partial charge in [-0.3, -0.25) is 0 Å². The highest BCUT2D eigenvalue weighted by Crippen LogP contribution is 2.63. The van der Waals surface area contributed by atoms with Crippen molar-refractivity contribution >= 4 is 71.3 Å². The first-order valence-electron chi connectivity index (χ1n) is 21.0. The van der Waals surface area contributed by atoms with Gasteiger partial charge in [0.25, 0.3) is 0 Å². The van der Waals surface area contributed by atoms with Crippen molar-refractivity contribution < 1.29 is 0 Å². The summed E-state index contributed by atoms with van der Waals surface area (Å²) >= 11 is 1.88. The van der Waals surface area contributed by atoms with Gasteiger partial charge in [0, 0.05) is 73.4 Å². The number of rotatable bonds is 5. The largest absolute Gasteiger partial charge is 0.310 e. The summed E-state index contributed by atoms with van der Waals surface area (Å²) in [5, 5.41) is 2.62. The zero-order chi connectivity index (χ0) is 39.4. The summed E-state index contributed by atoms with van der Waals surface area (Å²) in [6.07, 6.45) is 2.02. The standard InChI is InChI=1S/C57H39N2S/c1-3-17-43(18-4-1)59(44-19-5-2-6-20-44)53-25-13-10-22-47(53)48-31-28-41(34-54(48)59)58(42-29-32-50-49-23-11-14-26-55(49)60-56(50)35-42)40-27-30-46-45-21-9-12-24-51(45)57(52(46)33-40)36-38-15-7-8-16-39(38)37-57/h1-35H,36-37H2/q+1. The van der Waals surface area contributed by atoms with Gasteiger partial charge in [-0.2, -0.15) is 4.48 Å². The lowest BCUT2D eigenvalue weighted by Crippen LogP contribution is -2.31. The van der Waals surface area contributed by atoms with E-state index in [-0.39, 0.29) is 5.41 Å². The Kier molecular flexibility index (Phi) is 7.19. The van der Waals surface area contributed by atoms with Crippen LogP contribution in [0.1, 0.15) is 22.3 Å². The number of benzene rings is 9. The summed E-state index contributed by atoms with van der Waals surface area (Å²) < 4.78 is 3.12. The van der Waals surface area contributed by atoms with E-state index in [4.69, 9.17) is 0 Å². The van der Waals surface area contributed by atoms with E-state index in [2.05, 4.69) is 217 Å². The van der Waals surface area contributed by atoms with Gasteiger partial charge in [-0.25, -0.2) is 0 Å². The molecule has 9 aromatic carbocycles. The second-order valence-corrected chi connectivity index (χ2v) is 17.7. The van der Waals surface area contributed by atoms with Crippen LogP contribution in [0.15, 0.2) is 212 Å². The van der Waals surface area contributed by atoms with Crippen molar-refractivity contribution in [2.45, 2.75) is 18.3 Å². The molecule has 0 bridgehead atoms. The summed E-state index contributed by atoms with van der Waals surface area (Å²) in [7, 11) is 0. The minimum atomic E-state index is -0.112. The molecule has 0 N–H and O–H groups in total. The van der Waals surface area contributed by atoms with Crippen LogP contribution < -0.4 is 9.38 Å². The first kappa shape index (κ1) is 33.9. The monoisotopic (exact) mass is 783 g/mol. The van der Waals surface area contributed by atoms with Crippen molar-refractivity contribution in [1.82, 2.24) is 4.48 Å². The third kappa shape index (κ3) is 4.62. The van der Waals surface area contributed by atoms with E-state index in [0.717, 1.165) is 24.2 Å². The molecule has 282 valence electrons. The van der Waals surface area contributed by atoms with Crippen molar-refractivity contribution in [3.8, 4) is 22.3 Å². The fourth-order valence-corrected chi connectivity index (χ4v) is 12.3. The van der Waals surface area contributed by atoms with E-state index in [1.165, 1.54) is 93.1 Å². The van der Waals surface area contributed by atoms with Gasteiger partial charge in [-0.1, -0.05) is 127 Å². The molecule has 60 heavy (non-hydrogen) atoms. The molecule has 2 nitrogen and oxygen atoms in total. The maximum atomic E-state index is 2.54. The predicted octanol–water partition coefficient (Wildman–Crippen LogP) is 15.9. The Morgan fingerprint density at radius 1 is 0.383 bits per heavy atom. The fraction of sp³-hybridized carbons (Fsp3) is 0.0526. The molecule has 0 radical (unpaired) electrons. The highest BCUT2D eigenvalue weighted by molar-refractivity contribution is 7.25. The molecule has 3 aliphatic rings. The Hall–Kier alpha value is -7.04.